The third kappa shape index (κ3) is 2.93. The predicted molar refractivity (Wildman–Crippen MR) is 77.4 cm³/mol. The molecule has 0 unspecified atom stereocenters. The highest BCUT2D eigenvalue weighted by molar-refractivity contribution is 6.14. The monoisotopic (exact) mass is 263 g/mol. The molecule has 0 heterocycles. The Kier molecular flexibility index (Phi) is 3.97. The van der Waals surface area contributed by atoms with Crippen molar-refractivity contribution in [2.45, 2.75) is 6.92 Å². The van der Waals surface area contributed by atoms with Gasteiger partial charge in [0.1, 0.15) is 0 Å². The van der Waals surface area contributed by atoms with Gasteiger partial charge in [0.2, 0.25) is 0 Å². The third-order valence-corrected chi connectivity index (χ3v) is 2.72. The maximum atomic E-state index is 12.4. The van der Waals surface area contributed by atoms with Gasteiger partial charge in [-0.3, -0.25) is 9.59 Å². The summed E-state index contributed by atoms with van der Waals surface area (Å²) in [7, 11) is 0. The van der Waals surface area contributed by atoms with Crippen molar-refractivity contribution in [2.24, 2.45) is 0 Å². The summed E-state index contributed by atoms with van der Waals surface area (Å²) in [6.07, 6.45) is 0. The van der Waals surface area contributed by atoms with Crippen molar-refractivity contribution in [1.82, 2.24) is 0 Å². The van der Waals surface area contributed by atoms with Gasteiger partial charge in [-0.25, -0.2) is 0 Å². The second-order valence-electron chi connectivity index (χ2n) is 4.33. The van der Waals surface area contributed by atoms with Gasteiger partial charge in [-0.1, -0.05) is 49.0 Å². The van der Waals surface area contributed by atoms with E-state index in [4.69, 9.17) is 0 Å². The van der Waals surface area contributed by atoms with Crippen molar-refractivity contribution in [3.8, 4) is 0 Å². The fraction of sp³-hybridized carbons (Fsp3) is 0.0588. The molecule has 0 aliphatic carbocycles. The van der Waals surface area contributed by atoms with Crippen LogP contribution in [0.25, 0.3) is 0 Å². The Bertz CT molecular complexity index is 660. The first-order valence-electron chi connectivity index (χ1n) is 6.08. The Balaban J connectivity index is 2.35. The topological polar surface area (TPSA) is 46.2 Å². The van der Waals surface area contributed by atoms with Crippen molar-refractivity contribution >= 4 is 17.4 Å². The molecule has 0 spiro atoms. The Hall–Kier alpha value is -2.86. The van der Waals surface area contributed by atoms with Crippen molar-refractivity contribution in [3.63, 3.8) is 0 Å². The molecule has 1 N–H and O–H groups in total. The first kappa shape index (κ1) is 13.6. The maximum Gasteiger partial charge on any atom is 0.250 e. The second kappa shape index (κ2) is 5.85. The van der Waals surface area contributed by atoms with E-state index in [1.807, 2.05) is 6.07 Å². The molecule has 0 saturated heterocycles. The standard InChI is InChI=1S/C17H13NO2/c1-12(2)17(20)18-15-11-7-6-10-14(15)16(19)13-8-4-3-5-9-13/h3-5,8-11H,1H2,2H3,(H,18,20). The van der Waals surface area contributed by atoms with Crippen LogP contribution in [-0.2, 0) is 4.79 Å². The van der Waals surface area contributed by atoms with E-state index in [0.717, 1.165) is 0 Å². The zero-order chi connectivity index (χ0) is 14.5. The predicted octanol–water partition coefficient (Wildman–Crippen LogP) is 3.03. The number of anilines is 1. The van der Waals surface area contributed by atoms with Gasteiger partial charge in [-0.05, 0) is 6.92 Å². The van der Waals surface area contributed by atoms with Crippen molar-refractivity contribution < 1.29 is 9.59 Å². The highest BCUT2D eigenvalue weighted by atomic mass is 16.1. The second-order valence-corrected chi connectivity index (χ2v) is 4.33. The molecule has 2 aromatic rings. The molecule has 3 heteroatoms. The molecule has 0 aliphatic rings. The molecule has 2 rings (SSSR count). The molecule has 2 aromatic carbocycles. The van der Waals surface area contributed by atoms with Crippen LogP contribution in [0.1, 0.15) is 22.8 Å². The van der Waals surface area contributed by atoms with E-state index < -0.39 is 0 Å². The number of nitrogens with one attached hydrogen (secondary N) is 1. The van der Waals surface area contributed by atoms with E-state index in [-0.39, 0.29) is 11.7 Å². The molecule has 0 bridgehead atoms. The maximum absolute atomic E-state index is 12.4. The molecule has 20 heavy (non-hydrogen) atoms. The summed E-state index contributed by atoms with van der Waals surface area (Å²) in [6.45, 7) is 5.17. The minimum atomic E-state index is -0.327. The normalized spacial score (nSPS) is 9.45. The van der Waals surface area contributed by atoms with E-state index in [1.54, 1.807) is 31.2 Å². The number of carbonyl (C=O) groups excluding carboxylic acids is 2. The summed E-state index contributed by atoms with van der Waals surface area (Å²) in [5.74, 6) is -0.500. The van der Waals surface area contributed by atoms with E-state index in [2.05, 4.69) is 24.0 Å². The molecule has 0 fully saturated rings. The van der Waals surface area contributed by atoms with Gasteiger partial charge in [0.15, 0.2) is 5.78 Å². The third-order valence-electron chi connectivity index (χ3n) is 2.72. The SMILES string of the molecule is C=C(C)C(=O)Nc1cc#ccc1C(=O)c1ccccc1. The molecular formula is C17H13NO2. The fourth-order valence-electron chi connectivity index (χ4n) is 1.65. The molecule has 0 radical (unpaired) electrons. The number of carbonyl (C=O) groups is 2. The largest absolute Gasteiger partial charge is 0.321 e. The lowest BCUT2D eigenvalue weighted by Gasteiger charge is -2.08. The summed E-state index contributed by atoms with van der Waals surface area (Å²) in [6, 6.07) is 17.4. The number of hydrogen-bond acceptors (Lipinski definition) is 2. The average Bonchev–Trinajstić information content (AvgIpc) is 2.48. The number of rotatable bonds is 4. The van der Waals surface area contributed by atoms with Crippen LogP contribution in [0.15, 0.2) is 54.6 Å². The lowest BCUT2D eigenvalue weighted by molar-refractivity contribution is -0.112. The van der Waals surface area contributed by atoms with Gasteiger partial charge in [0, 0.05) is 23.3 Å². The van der Waals surface area contributed by atoms with E-state index in [9.17, 15) is 9.59 Å². The lowest BCUT2D eigenvalue weighted by Crippen LogP contribution is -2.15. The van der Waals surface area contributed by atoms with Crippen LogP contribution in [0.5, 0.6) is 0 Å². The Morgan fingerprint density at radius 2 is 1.75 bits per heavy atom. The smallest absolute Gasteiger partial charge is 0.250 e. The molecule has 1 amide bonds. The summed E-state index contributed by atoms with van der Waals surface area (Å²) in [5.41, 5.74) is 1.71. The number of benzene rings is 1. The van der Waals surface area contributed by atoms with Crippen LogP contribution in [0, 0.1) is 12.1 Å². The van der Waals surface area contributed by atoms with Crippen LogP contribution in [-0.4, -0.2) is 11.7 Å². The highest BCUT2D eigenvalue weighted by Crippen LogP contribution is 2.18. The first-order chi connectivity index (χ1) is 9.59. The summed E-state index contributed by atoms with van der Waals surface area (Å²) in [4.78, 5) is 24.1. The Morgan fingerprint density at radius 1 is 1.10 bits per heavy atom. The van der Waals surface area contributed by atoms with Gasteiger partial charge in [0.05, 0.1) is 11.3 Å². The zero-order valence-corrected chi connectivity index (χ0v) is 11.1. The molecule has 0 aromatic heterocycles. The summed E-state index contributed by atoms with van der Waals surface area (Å²) >= 11 is 0. The molecule has 3 nitrogen and oxygen atoms in total. The number of ketones is 1. The van der Waals surface area contributed by atoms with Crippen LogP contribution < -0.4 is 5.32 Å². The van der Waals surface area contributed by atoms with Gasteiger partial charge in [0.25, 0.3) is 5.91 Å². The molecule has 0 atom stereocenters. The van der Waals surface area contributed by atoms with Gasteiger partial charge in [-0.15, -0.1) is 0 Å². The minimum Gasteiger partial charge on any atom is -0.321 e. The lowest BCUT2D eigenvalue weighted by atomic mass is 10.0. The fourth-order valence-corrected chi connectivity index (χ4v) is 1.65. The van der Waals surface area contributed by atoms with Crippen LogP contribution in [0.2, 0.25) is 0 Å². The van der Waals surface area contributed by atoms with Crippen LogP contribution in [0.3, 0.4) is 0 Å². The molecule has 0 aliphatic heterocycles. The molecule has 98 valence electrons. The molecule has 0 saturated carbocycles. The summed E-state index contributed by atoms with van der Waals surface area (Å²) < 4.78 is 0. The van der Waals surface area contributed by atoms with E-state index in [1.165, 1.54) is 12.1 Å². The Labute approximate surface area is 117 Å². The van der Waals surface area contributed by atoms with Crippen molar-refractivity contribution in [2.75, 3.05) is 5.32 Å². The zero-order valence-electron chi connectivity index (χ0n) is 11.1. The minimum absolute atomic E-state index is 0.173. The van der Waals surface area contributed by atoms with E-state index in [0.29, 0.717) is 22.4 Å². The van der Waals surface area contributed by atoms with Crippen molar-refractivity contribution in [3.05, 3.63) is 77.9 Å². The summed E-state index contributed by atoms with van der Waals surface area (Å²) in [5, 5.41) is 2.65. The highest BCUT2D eigenvalue weighted by Gasteiger charge is 2.14. The average molecular weight is 263 g/mol. The Morgan fingerprint density at radius 3 is 2.40 bits per heavy atom. The first-order valence-corrected chi connectivity index (χ1v) is 6.08. The molecular weight excluding hydrogens is 250 g/mol. The van der Waals surface area contributed by atoms with Gasteiger partial charge in [-0.2, -0.15) is 0 Å². The quantitative estimate of drug-likeness (QED) is 0.680. The number of hydrogen-bond donors (Lipinski definition) is 1. The van der Waals surface area contributed by atoms with Gasteiger partial charge < -0.3 is 5.32 Å². The number of amides is 1. The van der Waals surface area contributed by atoms with Crippen LogP contribution in [0.4, 0.5) is 5.69 Å². The van der Waals surface area contributed by atoms with E-state index >= 15 is 0 Å². The van der Waals surface area contributed by atoms with Crippen molar-refractivity contribution in [1.29, 1.82) is 0 Å². The van der Waals surface area contributed by atoms with Gasteiger partial charge >= 0.3 is 0 Å². The van der Waals surface area contributed by atoms with Crippen LogP contribution >= 0.6 is 0 Å².